The van der Waals surface area contributed by atoms with Crippen molar-refractivity contribution in [2.45, 2.75) is 91.2 Å². The Hall–Kier alpha value is -3.56. The predicted octanol–water partition coefficient (Wildman–Crippen LogP) is 5.46. The zero-order valence-electron chi connectivity index (χ0n) is 23.7. The van der Waals surface area contributed by atoms with Crippen LogP contribution in [0.4, 0.5) is 9.59 Å². The Balaban J connectivity index is 1.70. The third-order valence-corrected chi connectivity index (χ3v) is 6.85. The molecule has 212 valence electrons. The summed E-state index contributed by atoms with van der Waals surface area (Å²) in [5.74, 6) is 0.595. The Morgan fingerprint density at radius 1 is 1.13 bits per heavy atom. The number of hydrogen-bond donors (Lipinski definition) is 0. The normalized spacial score (nSPS) is 17.5. The molecule has 1 aromatic heterocycles. The molecule has 2 aliphatic rings. The molecule has 2 amide bonds. The molecule has 10 heteroatoms. The number of hydrogen-bond acceptors (Lipinski definition) is 8. The maximum atomic E-state index is 14.0. The Morgan fingerprint density at radius 3 is 2.56 bits per heavy atom. The van der Waals surface area contributed by atoms with E-state index in [1.54, 1.807) is 24.4 Å². The van der Waals surface area contributed by atoms with Gasteiger partial charge in [-0.15, -0.1) is 0 Å². The van der Waals surface area contributed by atoms with Crippen molar-refractivity contribution in [2.24, 2.45) is 5.92 Å². The molecule has 3 heterocycles. The summed E-state index contributed by atoms with van der Waals surface area (Å²) in [5, 5.41) is 0. The largest absolute Gasteiger partial charge is 0.454 e. The first-order chi connectivity index (χ1) is 18.5. The number of fused-ring (bicyclic) bond motifs is 1. The molecule has 0 aliphatic carbocycles. The molecular formula is C29H39N3O7. The van der Waals surface area contributed by atoms with Gasteiger partial charge in [0.25, 0.3) is 0 Å². The molecule has 10 nitrogen and oxygen atoms in total. The molecule has 2 atom stereocenters. The van der Waals surface area contributed by atoms with Gasteiger partial charge >= 0.3 is 12.2 Å². The van der Waals surface area contributed by atoms with Crippen LogP contribution in [0.3, 0.4) is 0 Å². The Morgan fingerprint density at radius 2 is 1.87 bits per heavy atom. The lowest BCUT2D eigenvalue weighted by Crippen LogP contribution is -2.44. The van der Waals surface area contributed by atoms with Gasteiger partial charge in [0.1, 0.15) is 18.0 Å². The fraction of sp³-hybridized carbons (Fsp3) is 0.586. The number of carbonyl (C=O) groups excluding carboxylic acids is 3. The SMILES string of the molecule is CCCCCc1nc(CC(C(=O)N2C(=O)OC[C@@H]2C(C)C)c2ccc3c(c2)OCO3)cn1C(=O)OC(C)(C)C. The monoisotopic (exact) mass is 541 g/mol. The summed E-state index contributed by atoms with van der Waals surface area (Å²) in [6.07, 6.45) is 4.16. The molecule has 1 unspecified atom stereocenters. The van der Waals surface area contributed by atoms with Crippen molar-refractivity contribution in [1.82, 2.24) is 14.5 Å². The van der Waals surface area contributed by atoms with Crippen LogP contribution in [-0.2, 0) is 27.1 Å². The highest BCUT2D eigenvalue weighted by Crippen LogP contribution is 2.37. The highest BCUT2D eigenvalue weighted by atomic mass is 16.7. The molecule has 2 aliphatic heterocycles. The van der Waals surface area contributed by atoms with E-state index < -0.39 is 23.7 Å². The fourth-order valence-electron chi connectivity index (χ4n) is 4.78. The van der Waals surface area contributed by atoms with Crippen molar-refractivity contribution in [3.63, 3.8) is 0 Å². The number of benzene rings is 1. The number of imide groups is 1. The van der Waals surface area contributed by atoms with Crippen LogP contribution in [0, 0.1) is 5.92 Å². The van der Waals surface area contributed by atoms with Gasteiger partial charge in [-0.3, -0.25) is 4.79 Å². The van der Waals surface area contributed by atoms with Gasteiger partial charge in [0.05, 0.1) is 17.7 Å². The Labute approximate surface area is 229 Å². The van der Waals surface area contributed by atoms with Gasteiger partial charge in [0.2, 0.25) is 12.7 Å². The second-order valence-corrected chi connectivity index (χ2v) is 11.4. The molecule has 1 fully saturated rings. The average Bonchev–Trinajstić information content (AvgIpc) is 3.59. The van der Waals surface area contributed by atoms with E-state index in [0.29, 0.717) is 35.0 Å². The van der Waals surface area contributed by atoms with Gasteiger partial charge in [0, 0.05) is 19.0 Å². The molecule has 2 aromatic rings. The van der Waals surface area contributed by atoms with Crippen molar-refractivity contribution >= 4 is 18.1 Å². The minimum atomic E-state index is -0.767. The highest BCUT2D eigenvalue weighted by Gasteiger charge is 2.43. The molecule has 1 saturated heterocycles. The molecule has 39 heavy (non-hydrogen) atoms. The third-order valence-electron chi connectivity index (χ3n) is 6.85. The number of ether oxygens (including phenoxy) is 4. The van der Waals surface area contributed by atoms with Crippen LogP contribution in [0.5, 0.6) is 11.5 Å². The number of aromatic nitrogens is 2. The smallest absolute Gasteiger partial charge is 0.419 e. The maximum absolute atomic E-state index is 14.0. The highest BCUT2D eigenvalue weighted by molar-refractivity contribution is 5.97. The predicted molar refractivity (Wildman–Crippen MR) is 143 cm³/mol. The second-order valence-electron chi connectivity index (χ2n) is 11.4. The van der Waals surface area contributed by atoms with E-state index in [1.165, 1.54) is 9.47 Å². The van der Waals surface area contributed by atoms with E-state index in [4.69, 9.17) is 23.9 Å². The minimum absolute atomic E-state index is 0.0225. The maximum Gasteiger partial charge on any atom is 0.419 e. The molecule has 0 spiro atoms. The first-order valence-electron chi connectivity index (χ1n) is 13.7. The molecule has 0 N–H and O–H groups in total. The third kappa shape index (κ3) is 6.54. The van der Waals surface area contributed by atoms with Gasteiger partial charge in [-0.1, -0.05) is 39.7 Å². The molecule has 0 radical (unpaired) electrons. The number of cyclic esters (lactones) is 1. The quantitative estimate of drug-likeness (QED) is 0.385. The standard InChI is InChI=1S/C29H39N3O7/c1-7-8-9-10-25-30-20(15-31(25)27(34)39-29(4,5)6)14-21(19-11-12-23-24(13-19)38-17-37-23)26(33)32-22(18(2)3)16-36-28(32)35/h11-13,15,18,21-22H,7-10,14,16-17H2,1-6H3/t21?,22-/m1/s1. The zero-order chi connectivity index (χ0) is 28.3. The van der Waals surface area contributed by atoms with Gasteiger partial charge in [-0.25, -0.2) is 24.0 Å². The van der Waals surface area contributed by atoms with Crippen molar-refractivity contribution < 1.29 is 33.3 Å². The first-order valence-corrected chi connectivity index (χ1v) is 13.7. The molecule has 0 bridgehead atoms. The molecular weight excluding hydrogens is 502 g/mol. The Bertz CT molecular complexity index is 1210. The van der Waals surface area contributed by atoms with Crippen LogP contribution >= 0.6 is 0 Å². The van der Waals surface area contributed by atoms with Crippen molar-refractivity contribution in [1.29, 1.82) is 0 Å². The second kappa shape index (κ2) is 11.7. The zero-order valence-corrected chi connectivity index (χ0v) is 23.7. The number of unbranched alkanes of at least 4 members (excludes halogenated alkanes) is 2. The summed E-state index contributed by atoms with van der Waals surface area (Å²) in [6, 6.07) is 4.96. The molecule has 4 rings (SSSR count). The van der Waals surface area contributed by atoms with Crippen LogP contribution in [0.2, 0.25) is 0 Å². The van der Waals surface area contributed by atoms with Crippen LogP contribution in [0.1, 0.15) is 83.8 Å². The topological polar surface area (TPSA) is 109 Å². The number of rotatable bonds is 9. The summed E-state index contributed by atoms with van der Waals surface area (Å²) in [7, 11) is 0. The average molecular weight is 542 g/mol. The molecule has 0 saturated carbocycles. The van der Waals surface area contributed by atoms with E-state index in [-0.39, 0.29) is 37.7 Å². The van der Waals surface area contributed by atoms with Gasteiger partial charge < -0.3 is 18.9 Å². The van der Waals surface area contributed by atoms with E-state index >= 15 is 0 Å². The van der Waals surface area contributed by atoms with Crippen LogP contribution in [-0.4, -0.2) is 57.6 Å². The lowest BCUT2D eigenvalue weighted by molar-refractivity contribution is -0.131. The van der Waals surface area contributed by atoms with Crippen LogP contribution in [0.15, 0.2) is 24.4 Å². The number of nitrogens with zero attached hydrogens (tertiary/aromatic N) is 3. The van der Waals surface area contributed by atoms with Crippen molar-refractivity contribution in [2.75, 3.05) is 13.4 Å². The summed E-state index contributed by atoms with van der Waals surface area (Å²) < 4.78 is 23.3. The summed E-state index contributed by atoms with van der Waals surface area (Å²) in [4.78, 5) is 45.8. The van der Waals surface area contributed by atoms with Gasteiger partial charge in [-0.05, 0) is 50.8 Å². The molecule has 1 aromatic carbocycles. The first kappa shape index (κ1) is 28.4. The summed E-state index contributed by atoms with van der Waals surface area (Å²) in [5.41, 5.74) is 0.540. The summed E-state index contributed by atoms with van der Waals surface area (Å²) in [6.45, 7) is 11.7. The Kier molecular flexibility index (Phi) is 8.51. The van der Waals surface area contributed by atoms with Gasteiger partial charge in [-0.2, -0.15) is 0 Å². The van der Waals surface area contributed by atoms with E-state index in [0.717, 1.165) is 19.3 Å². The van der Waals surface area contributed by atoms with E-state index in [1.807, 2.05) is 34.6 Å². The number of aryl methyl sites for hydroxylation is 1. The number of imidazole rings is 1. The van der Waals surface area contributed by atoms with E-state index in [9.17, 15) is 14.4 Å². The van der Waals surface area contributed by atoms with Crippen LogP contribution < -0.4 is 9.47 Å². The fourth-order valence-corrected chi connectivity index (χ4v) is 4.78. The number of carbonyl (C=O) groups is 3. The lowest BCUT2D eigenvalue weighted by Gasteiger charge is -2.27. The van der Waals surface area contributed by atoms with Crippen molar-refractivity contribution in [3.8, 4) is 11.5 Å². The van der Waals surface area contributed by atoms with Crippen LogP contribution in [0.25, 0.3) is 0 Å². The van der Waals surface area contributed by atoms with Gasteiger partial charge in [0.15, 0.2) is 11.5 Å². The number of amides is 2. The lowest BCUT2D eigenvalue weighted by atomic mass is 9.91. The van der Waals surface area contributed by atoms with E-state index in [2.05, 4.69) is 6.92 Å². The van der Waals surface area contributed by atoms with Crippen molar-refractivity contribution in [3.05, 3.63) is 41.5 Å². The minimum Gasteiger partial charge on any atom is -0.454 e. The summed E-state index contributed by atoms with van der Waals surface area (Å²) >= 11 is 0.